The summed E-state index contributed by atoms with van der Waals surface area (Å²) in [5, 5.41) is 11.2. The maximum absolute atomic E-state index is 10.4. The van der Waals surface area contributed by atoms with E-state index in [2.05, 4.69) is 11.2 Å². The predicted octanol–water partition coefficient (Wildman–Crippen LogP) is 1.94. The highest BCUT2D eigenvalue weighted by Gasteiger charge is 2.05. The van der Waals surface area contributed by atoms with Crippen LogP contribution in [0.2, 0.25) is 0 Å². The molecule has 0 amide bonds. The maximum atomic E-state index is 10.4. The Labute approximate surface area is 74.0 Å². The van der Waals surface area contributed by atoms with Crippen LogP contribution in [0.25, 0.3) is 10.9 Å². The van der Waals surface area contributed by atoms with Gasteiger partial charge in [0.25, 0.3) is 5.69 Å². The lowest BCUT2D eigenvalue weighted by Crippen LogP contribution is -1.87. The van der Waals surface area contributed by atoms with Crippen LogP contribution in [0.15, 0.2) is 30.3 Å². The molecule has 0 N–H and O–H groups in total. The number of hydrogen-bond donors (Lipinski definition) is 0. The van der Waals surface area contributed by atoms with Crippen LogP contribution in [0.5, 0.6) is 0 Å². The number of pyridine rings is 1. The lowest BCUT2D eigenvalue weighted by Gasteiger charge is -1.94. The van der Waals surface area contributed by atoms with Crippen molar-refractivity contribution in [3.8, 4) is 0 Å². The number of nitrogens with zero attached hydrogens (tertiary/aromatic N) is 2. The highest BCUT2D eigenvalue weighted by atomic mass is 16.6. The summed E-state index contributed by atoms with van der Waals surface area (Å²) in [5.41, 5.74) is 0.800. The van der Waals surface area contributed by atoms with Crippen molar-refractivity contribution in [2.24, 2.45) is 0 Å². The lowest BCUT2D eigenvalue weighted by molar-refractivity contribution is -0.384. The Balaban J connectivity index is 2.69. The minimum atomic E-state index is -0.420. The van der Waals surface area contributed by atoms with Gasteiger partial charge in [0.1, 0.15) is 0 Å². The third kappa shape index (κ3) is 1.33. The van der Waals surface area contributed by atoms with Gasteiger partial charge in [-0.2, -0.15) is 0 Å². The van der Waals surface area contributed by atoms with Gasteiger partial charge in [-0.15, -0.1) is 0 Å². The van der Waals surface area contributed by atoms with Gasteiger partial charge in [0.2, 0.25) is 0 Å². The van der Waals surface area contributed by atoms with Gasteiger partial charge in [-0.1, -0.05) is 6.07 Å². The van der Waals surface area contributed by atoms with E-state index in [4.69, 9.17) is 0 Å². The Morgan fingerprint density at radius 3 is 3.00 bits per heavy atom. The minimum Gasteiger partial charge on any atom is -0.258 e. The van der Waals surface area contributed by atoms with Gasteiger partial charge >= 0.3 is 0 Å². The molecule has 13 heavy (non-hydrogen) atoms. The Hall–Kier alpha value is -1.97. The maximum Gasteiger partial charge on any atom is 0.270 e. The van der Waals surface area contributed by atoms with Crippen molar-refractivity contribution in [2.75, 3.05) is 0 Å². The molecule has 0 bridgehead atoms. The molecule has 0 spiro atoms. The van der Waals surface area contributed by atoms with Gasteiger partial charge in [0.05, 0.1) is 16.6 Å². The van der Waals surface area contributed by atoms with Crippen molar-refractivity contribution >= 4 is 16.6 Å². The van der Waals surface area contributed by atoms with Crippen LogP contribution in [0.3, 0.4) is 0 Å². The number of fused-ring (bicyclic) bond motifs is 1. The second-order valence-electron chi connectivity index (χ2n) is 2.57. The predicted molar refractivity (Wildman–Crippen MR) is 47.2 cm³/mol. The van der Waals surface area contributed by atoms with E-state index in [0.29, 0.717) is 5.52 Å². The monoisotopic (exact) mass is 173 g/mol. The highest BCUT2D eigenvalue weighted by Crippen LogP contribution is 2.18. The van der Waals surface area contributed by atoms with Crippen molar-refractivity contribution < 1.29 is 4.92 Å². The van der Waals surface area contributed by atoms with E-state index in [1.54, 1.807) is 18.2 Å². The first kappa shape index (κ1) is 7.67. The average Bonchev–Trinajstić information content (AvgIpc) is 2.17. The van der Waals surface area contributed by atoms with E-state index < -0.39 is 4.92 Å². The summed E-state index contributed by atoms with van der Waals surface area (Å²) >= 11 is 0. The van der Waals surface area contributed by atoms with Gasteiger partial charge in [-0.05, 0) is 12.1 Å². The summed E-state index contributed by atoms with van der Waals surface area (Å²) in [6.45, 7) is 0. The number of nitro benzene ring substituents is 1. The minimum absolute atomic E-state index is 0.0838. The summed E-state index contributed by atoms with van der Waals surface area (Å²) in [6, 6.07) is 7.92. The van der Waals surface area contributed by atoms with Crippen LogP contribution in [0.4, 0.5) is 5.69 Å². The number of aromatic nitrogens is 1. The topological polar surface area (TPSA) is 56.0 Å². The Morgan fingerprint density at radius 2 is 2.23 bits per heavy atom. The first-order valence-corrected chi connectivity index (χ1v) is 3.68. The third-order valence-corrected chi connectivity index (χ3v) is 1.74. The fourth-order valence-electron chi connectivity index (χ4n) is 1.12. The first-order chi connectivity index (χ1) is 6.27. The zero-order valence-corrected chi connectivity index (χ0v) is 6.60. The van der Waals surface area contributed by atoms with Gasteiger partial charge in [-0.25, -0.2) is 4.98 Å². The van der Waals surface area contributed by atoms with Gasteiger partial charge in [0, 0.05) is 17.5 Å². The first-order valence-electron chi connectivity index (χ1n) is 3.68. The fraction of sp³-hybridized carbons (Fsp3) is 0. The van der Waals surface area contributed by atoms with Gasteiger partial charge in [0.15, 0.2) is 0 Å². The Kier molecular flexibility index (Phi) is 1.66. The van der Waals surface area contributed by atoms with Crippen LogP contribution >= 0.6 is 0 Å². The number of benzene rings is 1. The van der Waals surface area contributed by atoms with Crippen molar-refractivity contribution in [3.63, 3.8) is 0 Å². The number of non-ortho nitro benzene ring substituents is 1. The van der Waals surface area contributed by atoms with Gasteiger partial charge < -0.3 is 0 Å². The molecule has 0 saturated heterocycles. The third-order valence-electron chi connectivity index (χ3n) is 1.74. The molecular formula is C9H5N2O2. The Bertz CT molecular complexity index is 468. The second-order valence-corrected chi connectivity index (χ2v) is 2.57. The summed E-state index contributed by atoms with van der Waals surface area (Å²) in [7, 11) is 0. The summed E-state index contributed by atoms with van der Waals surface area (Å²) in [4.78, 5) is 13.9. The molecule has 0 fully saturated rings. The molecule has 4 nitrogen and oxygen atoms in total. The van der Waals surface area contributed by atoms with Crippen LogP contribution in [0, 0.1) is 16.3 Å². The molecule has 0 saturated carbocycles. The molecule has 1 aromatic carbocycles. The van der Waals surface area contributed by atoms with Crippen molar-refractivity contribution in [1.29, 1.82) is 0 Å². The van der Waals surface area contributed by atoms with Crippen LogP contribution in [0.1, 0.15) is 0 Å². The van der Waals surface area contributed by atoms with Crippen molar-refractivity contribution in [3.05, 3.63) is 46.6 Å². The molecule has 0 unspecified atom stereocenters. The molecule has 0 aliphatic rings. The fourth-order valence-corrected chi connectivity index (χ4v) is 1.12. The van der Waals surface area contributed by atoms with Gasteiger partial charge in [-0.3, -0.25) is 10.1 Å². The van der Waals surface area contributed by atoms with E-state index in [0.717, 1.165) is 5.39 Å². The van der Waals surface area contributed by atoms with Crippen LogP contribution in [-0.2, 0) is 0 Å². The van der Waals surface area contributed by atoms with Crippen molar-refractivity contribution in [1.82, 2.24) is 4.98 Å². The normalized spacial score (nSPS) is 10.2. The SMILES string of the molecule is O=[N+]([O-])c1ccc2n[c]ccc2c1. The molecule has 0 aliphatic carbocycles. The molecular weight excluding hydrogens is 168 g/mol. The van der Waals surface area contributed by atoms with E-state index in [9.17, 15) is 10.1 Å². The van der Waals surface area contributed by atoms with Crippen LogP contribution in [-0.4, -0.2) is 9.91 Å². The molecule has 1 radical (unpaired) electrons. The van der Waals surface area contributed by atoms with E-state index in [1.165, 1.54) is 12.1 Å². The molecule has 0 atom stereocenters. The van der Waals surface area contributed by atoms with E-state index in [-0.39, 0.29) is 5.69 Å². The average molecular weight is 173 g/mol. The largest absolute Gasteiger partial charge is 0.270 e. The zero-order chi connectivity index (χ0) is 9.26. The van der Waals surface area contributed by atoms with Crippen molar-refractivity contribution in [2.45, 2.75) is 0 Å². The molecule has 1 heterocycles. The van der Waals surface area contributed by atoms with Crippen LogP contribution < -0.4 is 0 Å². The molecule has 2 rings (SSSR count). The summed E-state index contributed by atoms with van der Waals surface area (Å²) in [5.74, 6) is 0. The molecule has 1 aromatic heterocycles. The number of rotatable bonds is 1. The zero-order valence-electron chi connectivity index (χ0n) is 6.60. The summed E-state index contributed by atoms with van der Waals surface area (Å²) < 4.78 is 0. The smallest absolute Gasteiger partial charge is 0.258 e. The second kappa shape index (κ2) is 2.82. The number of hydrogen-bond acceptors (Lipinski definition) is 3. The summed E-state index contributed by atoms with van der Waals surface area (Å²) in [6.07, 6.45) is 2.66. The van der Waals surface area contributed by atoms with E-state index >= 15 is 0 Å². The molecule has 2 aromatic rings. The molecule has 0 aliphatic heterocycles. The van der Waals surface area contributed by atoms with E-state index in [1.807, 2.05) is 0 Å². The molecule has 63 valence electrons. The standard InChI is InChI=1S/C9H5N2O2/c12-11(13)8-3-4-9-7(6-8)2-1-5-10-9/h1-4,6H. The number of nitro groups is 1. The Morgan fingerprint density at radius 1 is 1.38 bits per heavy atom. The quantitative estimate of drug-likeness (QED) is 0.489. The highest BCUT2D eigenvalue weighted by molar-refractivity contribution is 5.80. The lowest BCUT2D eigenvalue weighted by atomic mass is 10.2. The molecule has 4 heteroatoms.